The van der Waals surface area contributed by atoms with Gasteiger partial charge in [0.15, 0.2) is 11.5 Å². The average molecular weight is 345 g/mol. The molecule has 0 aliphatic carbocycles. The van der Waals surface area contributed by atoms with Crippen LogP contribution in [-0.4, -0.2) is 26.3 Å². The lowest BCUT2D eigenvalue weighted by Gasteiger charge is -2.13. The second kappa shape index (κ2) is 6.99. The Morgan fingerprint density at radius 2 is 1.57 bits per heavy atom. The van der Waals surface area contributed by atoms with Gasteiger partial charge in [0.2, 0.25) is 5.75 Å². The van der Waals surface area contributed by atoms with Crippen molar-refractivity contribution in [3.63, 3.8) is 0 Å². The molecule has 0 unspecified atom stereocenters. The zero-order chi connectivity index (χ0) is 17.0. The Balaban J connectivity index is 2.29. The number of alkyl halides is 3. The molecule has 2 rings (SSSR count). The Morgan fingerprint density at radius 1 is 0.957 bits per heavy atom. The van der Waals surface area contributed by atoms with Gasteiger partial charge < -0.3 is 14.2 Å². The maximum Gasteiger partial charge on any atom is 0.417 e. The standard InChI is InChI=1S/C15H14F3NO3S/c1-20-11-6-10(7-12(21-2)14(11)22-3)23-13-5-4-9(8-19-13)15(16,17)18/h4-8H,1-3H3. The minimum atomic E-state index is -4.40. The smallest absolute Gasteiger partial charge is 0.417 e. The van der Waals surface area contributed by atoms with Gasteiger partial charge in [-0.25, -0.2) is 4.98 Å². The van der Waals surface area contributed by atoms with E-state index in [0.29, 0.717) is 27.2 Å². The van der Waals surface area contributed by atoms with Crippen LogP contribution in [0.25, 0.3) is 0 Å². The summed E-state index contributed by atoms with van der Waals surface area (Å²) in [7, 11) is 4.47. The average Bonchev–Trinajstić information content (AvgIpc) is 2.53. The number of rotatable bonds is 5. The minimum Gasteiger partial charge on any atom is -0.493 e. The molecule has 8 heteroatoms. The van der Waals surface area contributed by atoms with Gasteiger partial charge in [-0.3, -0.25) is 0 Å². The lowest BCUT2D eigenvalue weighted by molar-refractivity contribution is -0.137. The summed E-state index contributed by atoms with van der Waals surface area (Å²) in [4.78, 5) is 4.52. The van der Waals surface area contributed by atoms with E-state index in [2.05, 4.69) is 4.98 Å². The predicted molar refractivity (Wildman–Crippen MR) is 79.5 cm³/mol. The first-order chi connectivity index (χ1) is 10.9. The zero-order valence-electron chi connectivity index (χ0n) is 12.6. The van der Waals surface area contributed by atoms with Crippen LogP contribution < -0.4 is 14.2 Å². The predicted octanol–water partition coefficient (Wildman–Crippen LogP) is 4.28. The SMILES string of the molecule is COc1cc(Sc2ccc(C(F)(F)F)cn2)cc(OC)c1OC. The highest BCUT2D eigenvalue weighted by Gasteiger charge is 2.30. The highest BCUT2D eigenvalue weighted by atomic mass is 32.2. The Labute approximate surface area is 135 Å². The van der Waals surface area contributed by atoms with Crippen molar-refractivity contribution >= 4 is 11.8 Å². The number of nitrogens with zero attached hydrogens (tertiary/aromatic N) is 1. The van der Waals surface area contributed by atoms with Gasteiger partial charge in [0.1, 0.15) is 5.03 Å². The molecule has 0 amide bonds. The number of hydrogen-bond donors (Lipinski definition) is 0. The molecule has 0 aliphatic rings. The molecule has 0 atom stereocenters. The van der Waals surface area contributed by atoms with E-state index in [4.69, 9.17) is 14.2 Å². The Morgan fingerprint density at radius 3 is 1.96 bits per heavy atom. The topological polar surface area (TPSA) is 40.6 Å². The Bertz CT molecular complexity index is 650. The maximum absolute atomic E-state index is 12.5. The summed E-state index contributed by atoms with van der Waals surface area (Å²) in [5.41, 5.74) is -0.785. The monoisotopic (exact) mass is 345 g/mol. The largest absolute Gasteiger partial charge is 0.493 e. The fourth-order valence-corrected chi connectivity index (χ4v) is 2.66. The van der Waals surface area contributed by atoms with E-state index in [1.807, 2.05) is 0 Å². The van der Waals surface area contributed by atoms with Crippen LogP contribution in [0.5, 0.6) is 17.2 Å². The van der Waals surface area contributed by atoms with Crippen molar-refractivity contribution in [2.75, 3.05) is 21.3 Å². The van der Waals surface area contributed by atoms with Crippen LogP contribution in [0.4, 0.5) is 13.2 Å². The molecule has 0 bridgehead atoms. The van der Waals surface area contributed by atoms with Crippen LogP contribution in [0.3, 0.4) is 0 Å². The summed E-state index contributed by atoms with van der Waals surface area (Å²) >= 11 is 1.19. The summed E-state index contributed by atoms with van der Waals surface area (Å²) in [6, 6.07) is 5.71. The molecule has 0 fully saturated rings. The van der Waals surface area contributed by atoms with Gasteiger partial charge in [-0.1, -0.05) is 11.8 Å². The van der Waals surface area contributed by atoms with Crippen molar-refractivity contribution in [2.24, 2.45) is 0 Å². The zero-order valence-corrected chi connectivity index (χ0v) is 13.4. The summed E-state index contributed by atoms with van der Waals surface area (Å²) < 4.78 is 53.3. The summed E-state index contributed by atoms with van der Waals surface area (Å²) in [5, 5.41) is 0.423. The van der Waals surface area contributed by atoms with E-state index >= 15 is 0 Å². The molecular weight excluding hydrogens is 331 g/mol. The number of hydrogen-bond acceptors (Lipinski definition) is 5. The first-order valence-corrected chi connectivity index (χ1v) is 7.21. The molecule has 1 aromatic carbocycles. The van der Waals surface area contributed by atoms with Crippen molar-refractivity contribution in [2.45, 2.75) is 16.1 Å². The molecule has 0 N–H and O–H groups in total. The summed E-state index contributed by atoms with van der Waals surface area (Å²) in [6.45, 7) is 0. The molecule has 0 aliphatic heterocycles. The molecule has 1 heterocycles. The molecule has 0 radical (unpaired) electrons. The van der Waals surface area contributed by atoms with Gasteiger partial charge in [0.25, 0.3) is 0 Å². The van der Waals surface area contributed by atoms with Crippen LogP contribution in [0.2, 0.25) is 0 Å². The van der Waals surface area contributed by atoms with Gasteiger partial charge in [0, 0.05) is 11.1 Å². The van der Waals surface area contributed by atoms with Gasteiger partial charge in [-0.2, -0.15) is 13.2 Å². The van der Waals surface area contributed by atoms with Crippen LogP contribution in [0, 0.1) is 0 Å². The highest BCUT2D eigenvalue weighted by Crippen LogP contribution is 2.42. The molecule has 4 nitrogen and oxygen atoms in total. The number of halogens is 3. The molecule has 1 aromatic heterocycles. The Kier molecular flexibility index (Phi) is 5.25. The van der Waals surface area contributed by atoms with Gasteiger partial charge in [0.05, 0.1) is 26.9 Å². The second-order valence-electron chi connectivity index (χ2n) is 4.35. The fourth-order valence-electron chi connectivity index (χ4n) is 1.85. The third-order valence-corrected chi connectivity index (χ3v) is 3.85. The lowest BCUT2D eigenvalue weighted by Crippen LogP contribution is -2.05. The molecule has 2 aromatic rings. The lowest BCUT2D eigenvalue weighted by atomic mass is 10.3. The first kappa shape index (κ1) is 17.3. The van der Waals surface area contributed by atoms with E-state index in [1.165, 1.54) is 39.2 Å². The van der Waals surface area contributed by atoms with Gasteiger partial charge in [-0.05, 0) is 24.3 Å². The number of pyridine rings is 1. The summed E-state index contributed by atoms with van der Waals surface area (Å²) in [6.07, 6.45) is -3.59. The normalized spacial score (nSPS) is 11.2. The van der Waals surface area contributed by atoms with Gasteiger partial charge in [-0.15, -0.1) is 0 Å². The molecular formula is C15H14F3NO3S. The molecule has 0 saturated carbocycles. The maximum atomic E-state index is 12.5. The van der Waals surface area contributed by atoms with E-state index in [1.54, 1.807) is 12.1 Å². The van der Waals surface area contributed by atoms with E-state index in [0.717, 1.165) is 12.3 Å². The molecule has 23 heavy (non-hydrogen) atoms. The third-order valence-electron chi connectivity index (χ3n) is 2.92. The van der Waals surface area contributed by atoms with Crippen LogP contribution in [-0.2, 0) is 6.18 Å². The number of aromatic nitrogens is 1. The van der Waals surface area contributed by atoms with Crippen molar-refractivity contribution in [3.8, 4) is 17.2 Å². The number of methoxy groups -OCH3 is 3. The first-order valence-electron chi connectivity index (χ1n) is 6.40. The molecule has 124 valence electrons. The van der Waals surface area contributed by atoms with E-state index < -0.39 is 11.7 Å². The van der Waals surface area contributed by atoms with Crippen molar-refractivity contribution in [3.05, 3.63) is 36.0 Å². The quantitative estimate of drug-likeness (QED) is 0.809. The Hall–Kier alpha value is -2.09. The van der Waals surface area contributed by atoms with Crippen LogP contribution >= 0.6 is 11.8 Å². The number of benzene rings is 1. The number of ether oxygens (including phenoxy) is 3. The van der Waals surface area contributed by atoms with Crippen molar-refractivity contribution in [1.82, 2.24) is 4.98 Å². The second-order valence-corrected chi connectivity index (χ2v) is 5.44. The summed E-state index contributed by atoms with van der Waals surface area (Å²) in [5.74, 6) is 1.36. The van der Waals surface area contributed by atoms with Crippen molar-refractivity contribution < 1.29 is 27.4 Å². The van der Waals surface area contributed by atoms with Crippen LogP contribution in [0.15, 0.2) is 40.4 Å². The molecule has 0 spiro atoms. The highest BCUT2D eigenvalue weighted by molar-refractivity contribution is 7.99. The fraction of sp³-hybridized carbons (Fsp3) is 0.267. The molecule has 0 saturated heterocycles. The van der Waals surface area contributed by atoms with Crippen LogP contribution in [0.1, 0.15) is 5.56 Å². The van der Waals surface area contributed by atoms with Gasteiger partial charge >= 0.3 is 6.18 Å². The van der Waals surface area contributed by atoms with E-state index in [9.17, 15) is 13.2 Å². The minimum absolute atomic E-state index is 0.423. The van der Waals surface area contributed by atoms with Crippen molar-refractivity contribution in [1.29, 1.82) is 0 Å². The van der Waals surface area contributed by atoms with E-state index in [-0.39, 0.29) is 0 Å². The third kappa shape index (κ3) is 4.01.